The van der Waals surface area contributed by atoms with Crippen molar-refractivity contribution in [2.24, 2.45) is 16.3 Å². The van der Waals surface area contributed by atoms with Gasteiger partial charge in [-0.1, -0.05) is 24.9 Å². The molecular weight excluding hydrogens is 242 g/mol. The van der Waals surface area contributed by atoms with Crippen molar-refractivity contribution in [2.75, 3.05) is 6.54 Å². The van der Waals surface area contributed by atoms with E-state index in [0.717, 1.165) is 32.1 Å². The summed E-state index contributed by atoms with van der Waals surface area (Å²) in [6.07, 6.45) is 7.96. The van der Waals surface area contributed by atoms with Crippen LogP contribution in [0.4, 0.5) is 0 Å². The minimum absolute atomic E-state index is 0.131. The second-order valence-corrected chi connectivity index (χ2v) is 5.91. The fraction of sp³-hybridized carbons (Fsp3) is 0.857. The Balaban J connectivity index is 2.03. The maximum Gasteiger partial charge on any atom is 0.229 e. The quantitative estimate of drug-likeness (QED) is 0.335. The van der Waals surface area contributed by atoms with Crippen LogP contribution in [0.2, 0.25) is 0 Å². The smallest absolute Gasteiger partial charge is 0.229 e. The highest BCUT2D eigenvalue weighted by Gasteiger charge is 2.45. The van der Waals surface area contributed by atoms with Gasteiger partial charge < -0.3 is 15.8 Å². The Kier molecular flexibility index (Phi) is 4.32. The molecule has 0 aliphatic heterocycles. The lowest BCUT2D eigenvalue weighted by Crippen LogP contribution is -2.45. The lowest BCUT2D eigenvalue weighted by atomic mass is 9.81. The Bertz CT molecular complexity index is 358. The van der Waals surface area contributed by atoms with Crippen molar-refractivity contribution in [1.29, 1.82) is 0 Å². The first-order chi connectivity index (χ1) is 9.13. The molecule has 0 aromatic heterocycles. The summed E-state index contributed by atoms with van der Waals surface area (Å²) in [4.78, 5) is 14.9. The van der Waals surface area contributed by atoms with Crippen LogP contribution in [0.15, 0.2) is 5.16 Å². The van der Waals surface area contributed by atoms with Crippen LogP contribution in [-0.4, -0.2) is 34.4 Å². The lowest BCUT2D eigenvalue weighted by molar-refractivity contribution is -0.142. The van der Waals surface area contributed by atoms with E-state index in [2.05, 4.69) is 12.1 Å². The maximum atomic E-state index is 12.9. The third kappa shape index (κ3) is 3.01. The molecule has 1 amide bonds. The van der Waals surface area contributed by atoms with Gasteiger partial charge in [-0.25, -0.2) is 0 Å². The molecular formula is C14H25N3O2. The SMILES string of the molecule is CCC1(C(=O)N(CCC(N)=NO)C2CC2)CCCC1. The van der Waals surface area contributed by atoms with Gasteiger partial charge in [0.15, 0.2) is 0 Å². The van der Waals surface area contributed by atoms with Crippen LogP contribution < -0.4 is 5.73 Å². The fourth-order valence-corrected chi connectivity index (χ4v) is 3.20. The first kappa shape index (κ1) is 14.2. The molecule has 2 aliphatic carbocycles. The fourth-order valence-electron chi connectivity index (χ4n) is 3.20. The molecule has 5 nitrogen and oxygen atoms in total. The van der Waals surface area contributed by atoms with E-state index < -0.39 is 0 Å². The highest BCUT2D eigenvalue weighted by Crippen LogP contribution is 2.44. The van der Waals surface area contributed by atoms with E-state index in [1.807, 2.05) is 4.90 Å². The molecule has 0 heterocycles. The molecule has 0 aromatic carbocycles. The minimum atomic E-state index is -0.131. The average Bonchev–Trinajstić information content (AvgIpc) is 3.15. The van der Waals surface area contributed by atoms with E-state index in [1.54, 1.807) is 0 Å². The number of hydrogen-bond donors (Lipinski definition) is 2. The zero-order valence-corrected chi connectivity index (χ0v) is 11.8. The Morgan fingerprint density at radius 3 is 2.53 bits per heavy atom. The van der Waals surface area contributed by atoms with Gasteiger partial charge in [-0.3, -0.25) is 4.79 Å². The maximum absolute atomic E-state index is 12.9. The second-order valence-electron chi connectivity index (χ2n) is 5.91. The van der Waals surface area contributed by atoms with Crippen LogP contribution in [-0.2, 0) is 4.79 Å². The predicted molar refractivity (Wildman–Crippen MR) is 74.0 cm³/mol. The van der Waals surface area contributed by atoms with Crippen molar-refractivity contribution in [3.63, 3.8) is 0 Å². The van der Waals surface area contributed by atoms with Gasteiger partial charge in [0.1, 0.15) is 5.84 Å². The van der Waals surface area contributed by atoms with Gasteiger partial charge in [0.25, 0.3) is 0 Å². The third-order valence-corrected chi connectivity index (χ3v) is 4.68. The van der Waals surface area contributed by atoms with Gasteiger partial charge in [0, 0.05) is 24.4 Å². The van der Waals surface area contributed by atoms with Crippen molar-refractivity contribution in [1.82, 2.24) is 4.90 Å². The van der Waals surface area contributed by atoms with Crippen LogP contribution in [0.1, 0.15) is 58.3 Å². The van der Waals surface area contributed by atoms with E-state index >= 15 is 0 Å². The van der Waals surface area contributed by atoms with Crippen molar-refractivity contribution < 1.29 is 10.0 Å². The second kappa shape index (κ2) is 5.80. The molecule has 2 fully saturated rings. The summed E-state index contributed by atoms with van der Waals surface area (Å²) in [5.74, 6) is 0.510. The van der Waals surface area contributed by atoms with Gasteiger partial charge in [-0.2, -0.15) is 0 Å². The summed E-state index contributed by atoms with van der Waals surface area (Å²) in [6, 6.07) is 0.392. The van der Waals surface area contributed by atoms with Crippen LogP contribution in [0, 0.1) is 5.41 Å². The third-order valence-electron chi connectivity index (χ3n) is 4.68. The van der Waals surface area contributed by atoms with Gasteiger partial charge in [0.2, 0.25) is 5.91 Å². The number of rotatable bonds is 6. The number of carbonyl (C=O) groups excluding carboxylic acids is 1. The first-order valence-electron chi connectivity index (χ1n) is 7.40. The molecule has 0 saturated heterocycles. The van der Waals surface area contributed by atoms with Gasteiger partial charge in [-0.15, -0.1) is 0 Å². The molecule has 3 N–H and O–H groups in total. The molecule has 2 aliphatic rings. The highest BCUT2D eigenvalue weighted by molar-refractivity contribution is 5.85. The number of amidine groups is 1. The van der Waals surface area contributed by atoms with Crippen molar-refractivity contribution in [3.05, 3.63) is 0 Å². The number of oxime groups is 1. The molecule has 2 rings (SSSR count). The molecule has 2 saturated carbocycles. The van der Waals surface area contributed by atoms with E-state index in [4.69, 9.17) is 10.9 Å². The summed E-state index contributed by atoms with van der Waals surface area (Å²) >= 11 is 0. The van der Waals surface area contributed by atoms with Gasteiger partial charge in [-0.05, 0) is 32.1 Å². The van der Waals surface area contributed by atoms with Gasteiger partial charge >= 0.3 is 0 Å². The zero-order valence-electron chi connectivity index (χ0n) is 11.8. The summed E-state index contributed by atoms with van der Waals surface area (Å²) in [5, 5.41) is 11.6. The molecule has 0 atom stereocenters. The topological polar surface area (TPSA) is 78.9 Å². The number of nitrogens with zero attached hydrogens (tertiary/aromatic N) is 2. The number of amides is 1. The minimum Gasteiger partial charge on any atom is -0.409 e. The first-order valence-corrected chi connectivity index (χ1v) is 7.40. The van der Waals surface area contributed by atoms with Crippen molar-refractivity contribution in [3.8, 4) is 0 Å². The molecule has 0 bridgehead atoms. The molecule has 0 aromatic rings. The Labute approximate surface area is 114 Å². The van der Waals surface area contributed by atoms with Crippen LogP contribution in [0.5, 0.6) is 0 Å². The van der Waals surface area contributed by atoms with E-state index in [-0.39, 0.29) is 11.3 Å². The van der Waals surface area contributed by atoms with Crippen LogP contribution >= 0.6 is 0 Å². The molecule has 5 heteroatoms. The summed E-state index contributed by atoms with van der Waals surface area (Å²) < 4.78 is 0. The van der Waals surface area contributed by atoms with Crippen molar-refractivity contribution >= 4 is 11.7 Å². The molecule has 0 unspecified atom stereocenters. The monoisotopic (exact) mass is 267 g/mol. The molecule has 0 spiro atoms. The zero-order chi connectivity index (χ0) is 13.9. The van der Waals surface area contributed by atoms with E-state index in [1.165, 1.54) is 12.8 Å². The standard InChI is InChI=1S/C14H25N3O2/c1-2-14(8-3-4-9-14)13(18)17(11-5-6-11)10-7-12(15)16-19/h11,19H,2-10H2,1H3,(H2,15,16). The predicted octanol–water partition coefficient (Wildman–Crippen LogP) is 2.08. The normalized spacial score (nSPS) is 22.5. The lowest BCUT2D eigenvalue weighted by Gasteiger charge is -2.34. The van der Waals surface area contributed by atoms with Crippen LogP contribution in [0.25, 0.3) is 0 Å². The van der Waals surface area contributed by atoms with Gasteiger partial charge in [0.05, 0.1) is 0 Å². The molecule has 108 valence electrons. The average molecular weight is 267 g/mol. The van der Waals surface area contributed by atoms with E-state index in [9.17, 15) is 4.79 Å². The molecule has 19 heavy (non-hydrogen) atoms. The largest absolute Gasteiger partial charge is 0.409 e. The Hall–Kier alpha value is -1.26. The number of hydrogen-bond acceptors (Lipinski definition) is 3. The summed E-state index contributed by atoms with van der Waals surface area (Å²) in [7, 11) is 0. The van der Waals surface area contributed by atoms with Crippen LogP contribution in [0.3, 0.4) is 0 Å². The molecule has 0 radical (unpaired) electrons. The van der Waals surface area contributed by atoms with E-state index in [0.29, 0.717) is 24.9 Å². The summed E-state index contributed by atoms with van der Waals surface area (Å²) in [6.45, 7) is 2.71. The number of carbonyl (C=O) groups is 1. The number of nitrogens with two attached hydrogens (primary N) is 1. The highest BCUT2D eigenvalue weighted by atomic mass is 16.4. The Morgan fingerprint density at radius 2 is 2.05 bits per heavy atom. The summed E-state index contributed by atoms with van der Waals surface area (Å²) in [5.41, 5.74) is 5.39. The Morgan fingerprint density at radius 1 is 1.42 bits per heavy atom. The van der Waals surface area contributed by atoms with Crippen molar-refractivity contribution in [2.45, 2.75) is 64.3 Å².